The van der Waals surface area contributed by atoms with E-state index in [9.17, 15) is 40.8 Å². The molecule has 13 heteroatoms. The van der Waals surface area contributed by atoms with Gasteiger partial charge in [-0.25, -0.2) is 0 Å². The molecule has 9 atom stereocenters. The molecule has 2 aliphatic rings. The number of aliphatic hydroxyl groups excluding tert-OH is 6. The van der Waals surface area contributed by atoms with Crippen LogP contribution in [0.2, 0.25) is 0 Å². The number of non-ortho nitro benzene ring substituents is 1. The minimum Gasteiger partial charge on any atom is -0.394 e. The highest BCUT2D eigenvalue weighted by Crippen LogP contribution is 2.36. The van der Waals surface area contributed by atoms with Crippen LogP contribution in [0.4, 0.5) is 5.69 Å². The van der Waals surface area contributed by atoms with Gasteiger partial charge in [-0.2, -0.15) is 0 Å². The Bertz CT molecular complexity index is 753. The van der Waals surface area contributed by atoms with E-state index in [1.54, 1.807) is 6.07 Å². The topological polar surface area (TPSA) is 192 Å². The maximum Gasteiger partial charge on any atom is 0.270 e. The minimum atomic E-state index is -1.67. The number of nitro groups is 1. The molecule has 2 fully saturated rings. The van der Waals surface area contributed by atoms with Crippen LogP contribution >= 0.6 is 11.8 Å². The lowest BCUT2D eigenvalue weighted by molar-refractivity contribution is -0.385. The smallest absolute Gasteiger partial charge is 0.270 e. The van der Waals surface area contributed by atoms with E-state index in [-0.39, 0.29) is 12.1 Å². The molecule has 2 aliphatic heterocycles. The van der Waals surface area contributed by atoms with E-state index in [1.807, 2.05) is 0 Å². The third-order valence-corrected chi connectivity index (χ3v) is 6.21. The van der Waals surface area contributed by atoms with Crippen molar-refractivity contribution in [3.05, 3.63) is 34.4 Å². The summed E-state index contributed by atoms with van der Waals surface area (Å²) >= 11 is 1.13. The highest BCUT2D eigenvalue weighted by molar-refractivity contribution is 7.99. The third-order valence-electron chi connectivity index (χ3n) is 5.12. The second-order valence-electron chi connectivity index (χ2n) is 7.26. The summed E-state index contributed by atoms with van der Waals surface area (Å²) in [7, 11) is 0. The molecule has 0 bridgehead atoms. The van der Waals surface area contributed by atoms with Crippen molar-refractivity contribution >= 4 is 17.4 Å². The predicted octanol–water partition coefficient (Wildman–Crippen LogP) is -1.66. The molecule has 0 aliphatic carbocycles. The summed E-state index contributed by atoms with van der Waals surface area (Å²) in [5.41, 5.74) is -0.743. The van der Waals surface area contributed by atoms with Crippen LogP contribution in [-0.4, -0.2) is 103 Å². The van der Waals surface area contributed by atoms with Crippen molar-refractivity contribution in [3.63, 3.8) is 0 Å². The summed E-state index contributed by atoms with van der Waals surface area (Å²) in [6.07, 6.45) is -10.9. The Morgan fingerprint density at radius 1 is 1.06 bits per heavy atom. The van der Waals surface area contributed by atoms with Gasteiger partial charge in [-0.1, -0.05) is 17.8 Å². The van der Waals surface area contributed by atoms with Gasteiger partial charge in [0.25, 0.3) is 5.69 Å². The fraction of sp³-hybridized carbons (Fsp3) is 0.667. The Balaban J connectivity index is 1.66. The monoisotopic (exact) mass is 463 g/mol. The molecule has 2 heterocycles. The second kappa shape index (κ2) is 10.5. The SMILES string of the molecule is O=[N+]([O-])c1cccc(S[C@H]2C[C@@H](O)[C@@H](O[C@H]3OC(CO)[C@@H](O)[C@@H](O)C3O)C(CO)O2)c1. The Morgan fingerprint density at radius 3 is 2.42 bits per heavy atom. The zero-order valence-corrected chi connectivity index (χ0v) is 17.0. The molecular weight excluding hydrogens is 438 g/mol. The molecule has 6 N–H and O–H groups in total. The van der Waals surface area contributed by atoms with Gasteiger partial charge in [-0.3, -0.25) is 10.1 Å². The van der Waals surface area contributed by atoms with E-state index in [0.29, 0.717) is 4.90 Å². The fourth-order valence-corrected chi connectivity index (χ4v) is 4.61. The van der Waals surface area contributed by atoms with Crippen LogP contribution in [0.15, 0.2) is 29.2 Å². The lowest BCUT2D eigenvalue weighted by Crippen LogP contribution is -2.62. The lowest BCUT2D eigenvalue weighted by atomic mass is 9.98. The van der Waals surface area contributed by atoms with Crippen LogP contribution < -0.4 is 0 Å². The molecule has 3 rings (SSSR count). The number of nitrogens with zero attached hydrogens (tertiary/aromatic N) is 1. The van der Waals surface area contributed by atoms with E-state index < -0.39 is 72.6 Å². The van der Waals surface area contributed by atoms with Gasteiger partial charge < -0.3 is 44.8 Å². The molecule has 3 unspecified atom stereocenters. The molecule has 0 aromatic heterocycles. The highest BCUT2D eigenvalue weighted by Gasteiger charge is 2.48. The molecular formula is C18H25NO11S. The Kier molecular flexibility index (Phi) is 8.20. The first kappa shape index (κ1) is 24.3. The summed E-state index contributed by atoms with van der Waals surface area (Å²) in [6.45, 7) is -1.19. The summed E-state index contributed by atoms with van der Waals surface area (Å²) in [6, 6.07) is 5.89. The van der Waals surface area contributed by atoms with E-state index in [0.717, 1.165) is 11.8 Å². The average molecular weight is 463 g/mol. The number of hydrogen-bond acceptors (Lipinski definition) is 12. The molecule has 2 saturated heterocycles. The number of thioether (sulfide) groups is 1. The first-order valence-electron chi connectivity index (χ1n) is 9.56. The summed E-state index contributed by atoms with van der Waals surface area (Å²) in [5, 5.41) is 70.4. The second-order valence-corrected chi connectivity index (χ2v) is 8.49. The van der Waals surface area contributed by atoms with E-state index in [1.165, 1.54) is 18.2 Å². The molecule has 1 aromatic carbocycles. The van der Waals surface area contributed by atoms with Gasteiger partial charge >= 0.3 is 0 Å². The van der Waals surface area contributed by atoms with Gasteiger partial charge in [0.1, 0.15) is 42.1 Å². The van der Waals surface area contributed by atoms with Crippen molar-refractivity contribution in [1.82, 2.24) is 0 Å². The van der Waals surface area contributed by atoms with Crippen LogP contribution in [0.25, 0.3) is 0 Å². The van der Waals surface area contributed by atoms with Gasteiger partial charge in [0.15, 0.2) is 6.29 Å². The fourth-order valence-electron chi connectivity index (χ4n) is 3.47. The molecule has 0 amide bonds. The Morgan fingerprint density at radius 2 is 1.77 bits per heavy atom. The van der Waals surface area contributed by atoms with Gasteiger partial charge in [0.2, 0.25) is 0 Å². The Hall–Kier alpha value is -1.39. The first-order valence-corrected chi connectivity index (χ1v) is 10.4. The van der Waals surface area contributed by atoms with Gasteiger partial charge in [-0.15, -0.1) is 0 Å². The summed E-state index contributed by atoms with van der Waals surface area (Å²) in [4.78, 5) is 10.9. The molecule has 0 radical (unpaired) electrons. The quantitative estimate of drug-likeness (QED) is 0.199. The predicted molar refractivity (Wildman–Crippen MR) is 104 cm³/mol. The lowest BCUT2D eigenvalue weighted by Gasteiger charge is -2.44. The molecule has 1 aromatic rings. The zero-order valence-electron chi connectivity index (χ0n) is 16.2. The number of rotatable bonds is 7. The minimum absolute atomic E-state index is 0.0337. The van der Waals surface area contributed by atoms with Crippen LogP contribution in [-0.2, 0) is 14.2 Å². The van der Waals surface area contributed by atoms with Crippen molar-refractivity contribution in [2.75, 3.05) is 13.2 Å². The number of ether oxygens (including phenoxy) is 3. The van der Waals surface area contributed by atoms with Crippen LogP contribution in [0, 0.1) is 10.1 Å². The largest absolute Gasteiger partial charge is 0.394 e. The number of nitro benzene ring substituents is 1. The highest BCUT2D eigenvalue weighted by atomic mass is 32.2. The molecule has 12 nitrogen and oxygen atoms in total. The van der Waals surface area contributed by atoms with Crippen molar-refractivity contribution in [2.45, 2.75) is 65.8 Å². The van der Waals surface area contributed by atoms with Gasteiger partial charge in [0, 0.05) is 23.4 Å². The van der Waals surface area contributed by atoms with Crippen molar-refractivity contribution in [1.29, 1.82) is 0 Å². The van der Waals surface area contributed by atoms with Crippen molar-refractivity contribution < 1.29 is 49.8 Å². The average Bonchev–Trinajstić information content (AvgIpc) is 2.75. The van der Waals surface area contributed by atoms with E-state index in [4.69, 9.17) is 14.2 Å². The first-order chi connectivity index (χ1) is 14.7. The van der Waals surface area contributed by atoms with Crippen LogP contribution in [0.5, 0.6) is 0 Å². The summed E-state index contributed by atoms with van der Waals surface area (Å²) in [5.74, 6) is 0. The standard InChI is InChI=1S/C18H25NO11S/c20-6-11-14(23)15(24)16(25)18(29-11)30-17-10(22)5-13(28-12(17)7-21)31-9-3-1-2-8(4-9)19(26)27/h1-4,10-18,20-25H,5-7H2/t10-,11?,12?,13+,14-,15-,16?,17-,18-/m1/s1. The van der Waals surface area contributed by atoms with Crippen LogP contribution in [0.1, 0.15) is 6.42 Å². The zero-order chi connectivity index (χ0) is 22.7. The number of benzene rings is 1. The normalized spacial score (nSPS) is 38.7. The van der Waals surface area contributed by atoms with Crippen molar-refractivity contribution in [2.24, 2.45) is 0 Å². The molecule has 0 saturated carbocycles. The molecule has 0 spiro atoms. The maximum absolute atomic E-state index is 10.9. The van der Waals surface area contributed by atoms with Gasteiger partial charge in [0.05, 0.1) is 24.2 Å². The number of aliphatic hydroxyl groups is 6. The molecule has 31 heavy (non-hydrogen) atoms. The maximum atomic E-state index is 10.9. The van der Waals surface area contributed by atoms with Gasteiger partial charge in [-0.05, 0) is 6.07 Å². The van der Waals surface area contributed by atoms with E-state index in [2.05, 4.69) is 0 Å². The van der Waals surface area contributed by atoms with Crippen molar-refractivity contribution in [3.8, 4) is 0 Å². The summed E-state index contributed by atoms with van der Waals surface area (Å²) < 4.78 is 16.6. The van der Waals surface area contributed by atoms with E-state index >= 15 is 0 Å². The Labute approximate surface area is 181 Å². The van der Waals surface area contributed by atoms with Crippen LogP contribution in [0.3, 0.4) is 0 Å². The third kappa shape index (κ3) is 5.51. The molecule has 174 valence electrons. The number of hydrogen-bond donors (Lipinski definition) is 6.